The van der Waals surface area contributed by atoms with E-state index in [0.29, 0.717) is 11.8 Å². The van der Waals surface area contributed by atoms with E-state index >= 15 is 0 Å². The minimum absolute atomic E-state index is 0.578. The van der Waals surface area contributed by atoms with Crippen LogP contribution in [0.25, 0.3) is 0 Å². The zero-order chi connectivity index (χ0) is 14.0. The van der Waals surface area contributed by atoms with E-state index in [1.807, 2.05) is 0 Å². The predicted molar refractivity (Wildman–Crippen MR) is 88.8 cm³/mol. The third-order valence-electron chi connectivity index (χ3n) is 3.85. The Morgan fingerprint density at radius 3 is 2.80 bits per heavy atom. The van der Waals surface area contributed by atoms with E-state index in [4.69, 9.17) is 0 Å². The summed E-state index contributed by atoms with van der Waals surface area (Å²) < 4.78 is 0. The summed E-state index contributed by atoms with van der Waals surface area (Å²) in [6.45, 7) is 2.05. The molecule has 0 N–H and O–H groups in total. The van der Waals surface area contributed by atoms with Crippen molar-refractivity contribution in [1.29, 1.82) is 0 Å². The Balaban J connectivity index is 2.15. The molecule has 0 heteroatoms. The first-order valence-electron chi connectivity index (χ1n) is 7.58. The third kappa shape index (κ3) is 4.38. The zero-order valence-corrected chi connectivity index (χ0v) is 12.3. The van der Waals surface area contributed by atoms with Crippen molar-refractivity contribution in [3.63, 3.8) is 0 Å². The van der Waals surface area contributed by atoms with E-state index in [-0.39, 0.29) is 0 Å². The van der Waals surface area contributed by atoms with Gasteiger partial charge in [-0.25, -0.2) is 0 Å². The highest BCUT2D eigenvalue weighted by Gasteiger charge is 2.19. The summed E-state index contributed by atoms with van der Waals surface area (Å²) in [4.78, 5) is 0. The number of allylic oxidation sites excluding steroid dienone is 8. The molecule has 2 rings (SSSR count). The quantitative estimate of drug-likeness (QED) is 0.588. The van der Waals surface area contributed by atoms with E-state index < -0.39 is 0 Å². The maximum absolute atomic E-state index is 2.38. The Labute approximate surface area is 123 Å². The summed E-state index contributed by atoms with van der Waals surface area (Å²) in [5.41, 5.74) is 1.45. The molecular weight excluding hydrogens is 240 g/mol. The molecular formula is C20H24. The van der Waals surface area contributed by atoms with Gasteiger partial charge in [-0.3, -0.25) is 0 Å². The lowest BCUT2D eigenvalue weighted by molar-refractivity contribution is 0.482. The van der Waals surface area contributed by atoms with E-state index in [1.54, 1.807) is 0 Å². The highest BCUT2D eigenvalue weighted by atomic mass is 14.2. The van der Waals surface area contributed by atoms with Crippen molar-refractivity contribution in [2.24, 2.45) is 5.92 Å². The van der Waals surface area contributed by atoms with Crippen LogP contribution in [0.5, 0.6) is 0 Å². The molecule has 0 fully saturated rings. The molecule has 0 heterocycles. The van der Waals surface area contributed by atoms with Gasteiger partial charge >= 0.3 is 0 Å². The van der Waals surface area contributed by atoms with Crippen LogP contribution < -0.4 is 0 Å². The number of hydrogen-bond acceptors (Lipinski definition) is 0. The normalized spacial score (nSPS) is 20.6. The van der Waals surface area contributed by atoms with Crippen LogP contribution in [0.3, 0.4) is 0 Å². The van der Waals surface area contributed by atoms with E-state index in [1.165, 1.54) is 18.4 Å². The lowest BCUT2D eigenvalue weighted by Crippen LogP contribution is -2.10. The van der Waals surface area contributed by atoms with Crippen molar-refractivity contribution in [2.75, 3.05) is 0 Å². The van der Waals surface area contributed by atoms with Crippen molar-refractivity contribution in [3.8, 4) is 0 Å². The molecule has 0 saturated carbocycles. The number of hydrogen-bond donors (Lipinski definition) is 0. The van der Waals surface area contributed by atoms with E-state index in [9.17, 15) is 0 Å². The maximum Gasteiger partial charge on any atom is -0.00641 e. The van der Waals surface area contributed by atoms with Crippen LogP contribution in [0.2, 0.25) is 0 Å². The molecule has 104 valence electrons. The second-order valence-corrected chi connectivity index (χ2v) is 5.26. The van der Waals surface area contributed by atoms with Crippen molar-refractivity contribution in [1.82, 2.24) is 0 Å². The third-order valence-corrected chi connectivity index (χ3v) is 3.85. The largest absolute Gasteiger partial charge is 0.0877 e. The van der Waals surface area contributed by atoms with Crippen molar-refractivity contribution in [2.45, 2.75) is 32.1 Å². The zero-order valence-electron chi connectivity index (χ0n) is 12.3. The average molecular weight is 264 g/mol. The van der Waals surface area contributed by atoms with Gasteiger partial charge in [0.25, 0.3) is 0 Å². The number of rotatable bonds is 5. The lowest BCUT2D eigenvalue weighted by Gasteiger charge is -2.23. The fourth-order valence-corrected chi connectivity index (χ4v) is 2.78. The Hall–Kier alpha value is -1.82. The second kappa shape index (κ2) is 8.37. The molecule has 1 aliphatic rings. The average Bonchev–Trinajstić information content (AvgIpc) is 2.77. The van der Waals surface area contributed by atoms with Gasteiger partial charge in [-0.2, -0.15) is 0 Å². The summed E-state index contributed by atoms with van der Waals surface area (Å²) in [6.07, 6.45) is 21.2. The second-order valence-electron chi connectivity index (χ2n) is 5.26. The van der Waals surface area contributed by atoms with E-state index in [2.05, 4.69) is 85.9 Å². The smallest absolute Gasteiger partial charge is 0.00641 e. The molecule has 20 heavy (non-hydrogen) atoms. The summed E-state index contributed by atoms with van der Waals surface area (Å²) in [7, 11) is 0. The first-order chi connectivity index (χ1) is 9.92. The molecule has 0 aliphatic heterocycles. The van der Waals surface area contributed by atoms with Crippen LogP contribution in [-0.4, -0.2) is 0 Å². The molecule has 0 radical (unpaired) electrons. The van der Waals surface area contributed by atoms with Crippen molar-refractivity contribution >= 4 is 0 Å². The highest BCUT2D eigenvalue weighted by Crippen LogP contribution is 2.33. The van der Waals surface area contributed by atoms with Crippen LogP contribution >= 0.6 is 0 Å². The van der Waals surface area contributed by atoms with Crippen molar-refractivity contribution in [3.05, 3.63) is 84.5 Å². The summed E-state index contributed by atoms with van der Waals surface area (Å²) in [6, 6.07) is 10.9. The predicted octanol–water partition coefficient (Wildman–Crippen LogP) is 5.82. The van der Waals surface area contributed by atoms with Gasteiger partial charge in [0.1, 0.15) is 0 Å². The molecule has 0 bridgehead atoms. The van der Waals surface area contributed by atoms with Gasteiger partial charge in [-0.1, -0.05) is 78.9 Å². The molecule has 0 spiro atoms. The van der Waals surface area contributed by atoms with Crippen LogP contribution in [0.15, 0.2) is 78.9 Å². The molecule has 1 aliphatic carbocycles. The first kappa shape index (κ1) is 14.6. The highest BCUT2D eigenvalue weighted by molar-refractivity contribution is 5.24. The minimum atomic E-state index is 0.578. The maximum atomic E-state index is 2.38. The van der Waals surface area contributed by atoms with Crippen LogP contribution in [-0.2, 0) is 0 Å². The minimum Gasteiger partial charge on any atom is -0.0877 e. The van der Waals surface area contributed by atoms with Crippen molar-refractivity contribution < 1.29 is 0 Å². The van der Waals surface area contributed by atoms with Gasteiger partial charge in [-0.15, -0.1) is 0 Å². The van der Waals surface area contributed by atoms with Gasteiger partial charge in [0.05, 0.1) is 0 Å². The van der Waals surface area contributed by atoms with E-state index in [0.717, 1.165) is 6.42 Å². The molecule has 2 atom stereocenters. The van der Waals surface area contributed by atoms with Crippen LogP contribution in [0.1, 0.15) is 37.7 Å². The van der Waals surface area contributed by atoms with Gasteiger partial charge in [0.15, 0.2) is 0 Å². The molecule has 0 saturated heterocycles. The molecule has 1 aromatic carbocycles. The summed E-state index contributed by atoms with van der Waals surface area (Å²) >= 11 is 0. The Bertz CT molecular complexity index is 488. The van der Waals surface area contributed by atoms with Gasteiger partial charge in [0.2, 0.25) is 0 Å². The Kier molecular flexibility index (Phi) is 6.10. The molecule has 2 unspecified atom stereocenters. The Morgan fingerprint density at radius 1 is 1.15 bits per heavy atom. The topological polar surface area (TPSA) is 0 Å². The standard InChI is InChI=1S/C20H24/c1-2-3-4-12-17-20(19-15-10-7-11-16-19)18-13-8-5-6-9-14-18/h2-8,10-13,15-16,18,20H,9,14,17H2,1H3. The lowest BCUT2D eigenvalue weighted by atomic mass is 9.81. The summed E-state index contributed by atoms with van der Waals surface area (Å²) in [5.74, 6) is 1.21. The van der Waals surface area contributed by atoms with Gasteiger partial charge < -0.3 is 0 Å². The van der Waals surface area contributed by atoms with Crippen LogP contribution in [0, 0.1) is 5.92 Å². The number of benzene rings is 1. The molecule has 1 aromatic rings. The van der Waals surface area contributed by atoms with Gasteiger partial charge in [0, 0.05) is 0 Å². The molecule has 0 aromatic heterocycles. The van der Waals surface area contributed by atoms with Gasteiger partial charge in [-0.05, 0) is 43.6 Å². The molecule has 0 amide bonds. The fourth-order valence-electron chi connectivity index (χ4n) is 2.78. The Morgan fingerprint density at radius 2 is 2.00 bits per heavy atom. The summed E-state index contributed by atoms with van der Waals surface area (Å²) in [5, 5.41) is 0. The molecule has 0 nitrogen and oxygen atoms in total. The van der Waals surface area contributed by atoms with Crippen LogP contribution in [0.4, 0.5) is 0 Å². The first-order valence-corrected chi connectivity index (χ1v) is 7.58. The SMILES string of the molecule is CC=CC=CCC(c1ccccc1)C1C=CC=CCC1. The monoisotopic (exact) mass is 264 g/mol. The fraction of sp³-hybridized carbons (Fsp3) is 0.300.